The van der Waals surface area contributed by atoms with E-state index in [1.54, 1.807) is 55.4 Å². The predicted octanol–water partition coefficient (Wildman–Crippen LogP) is 3.33. The van der Waals surface area contributed by atoms with Crippen LogP contribution >= 0.6 is 0 Å². The molecule has 2 aromatic rings. The zero-order valence-corrected chi connectivity index (χ0v) is 14.5. The van der Waals surface area contributed by atoms with E-state index in [1.165, 1.54) is 12.1 Å². The topological polar surface area (TPSA) is 81.9 Å². The molecule has 3 rings (SSSR count). The molecule has 2 aromatic carbocycles. The summed E-state index contributed by atoms with van der Waals surface area (Å²) in [7, 11) is 3.48. The van der Waals surface area contributed by atoms with Crippen molar-refractivity contribution in [2.75, 3.05) is 32.2 Å². The quantitative estimate of drug-likeness (QED) is 0.354. The molecule has 1 heterocycles. The number of nitro groups is 1. The number of fused-ring (bicyclic) bond motifs is 1. The van der Waals surface area contributed by atoms with Crippen LogP contribution in [0.4, 0.5) is 11.4 Å². The van der Waals surface area contributed by atoms with Gasteiger partial charge in [-0.05, 0) is 35.9 Å². The first-order valence-corrected chi connectivity index (χ1v) is 8.03. The number of anilines is 1. The Morgan fingerprint density at radius 3 is 2.54 bits per heavy atom. The smallest absolute Gasteiger partial charge is 0.293 e. The van der Waals surface area contributed by atoms with Crippen LogP contribution in [0.3, 0.4) is 0 Å². The normalized spacial score (nSPS) is 12.8. The number of rotatable bonds is 5. The van der Waals surface area contributed by atoms with Crippen molar-refractivity contribution in [3.05, 3.63) is 63.7 Å². The number of ketones is 1. The Balaban J connectivity index is 1.82. The molecule has 0 spiro atoms. The van der Waals surface area contributed by atoms with Crippen LogP contribution < -0.4 is 14.4 Å². The lowest BCUT2D eigenvalue weighted by molar-refractivity contribution is -0.384. The van der Waals surface area contributed by atoms with Crippen molar-refractivity contribution in [2.45, 2.75) is 0 Å². The molecule has 0 unspecified atom stereocenters. The molecule has 7 heteroatoms. The fourth-order valence-corrected chi connectivity index (χ4v) is 2.63. The molecule has 0 N–H and O–H groups in total. The van der Waals surface area contributed by atoms with Crippen LogP contribution in [0, 0.1) is 10.1 Å². The highest BCUT2D eigenvalue weighted by Gasteiger charge is 2.16. The van der Waals surface area contributed by atoms with E-state index in [1.807, 2.05) is 0 Å². The largest absolute Gasteiger partial charge is 0.486 e. The number of hydrogen-bond acceptors (Lipinski definition) is 6. The van der Waals surface area contributed by atoms with E-state index >= 15 is 0 Å². The molecule has 0 saturated heterocycles. The van der Waals surface area contributed by atoms with Crippen LogP contribution in [0.2, 0.25) is 0 Å². The summed E-state index contributed by atoms with van der Waals surface area (Å²) in [5.41, 5.74) is 1.53. The highest BCUT2D eigenvalue weighted by molar-refractivity contribution is 6.07. The lowest BCUT2D eigenvalue weighted by atomic mass is 10.1. The van der Waals surface area contributed by atoms with Gasteiger partial charge in [-0.15, -0.1) is 0 Å². The van der Waals surface area contributed by atoms with Crippen molar-refractivity contribution in [1.29, 1.82) is 0 Å². The van der Waals surface area contributed by atoms with Gasteiger partial charge in [0, 0.05) is 25.7 Å². The Kier molecular flexibility index (Phi) is 4.88. The van der Waals surface area contributed by atoms with Crippen LogP contribution in [0.5, 0.6) is 11.5 Å². The maximum atomic E-state index is 12.4. The van der Waals surface area contributed by atoms with E-state index in [2.05, 4.69) is 0 Å². The minimum Gasteiger partial charge on any atom is -0.486 e. The molecule has 0 aliphatic carbocycles. The average molecular weight is 354 g/mol. The monoisotopic (exact) mass is 354 g/mol. The fraction of sp³-hybridized carbons (Fsp3) is 0.211. The van der Waals surface area contributed by atoms with Gasteiger partial charge in [0.2, 0.25) is 0 Å². The van der Waals surface area contributed by atoms with Crippen molar-refractivity contribution in [1.82, 2.24) is 0 Å². The second-order valence-corrected chi connectivity index (χ2v) is 5.96. The summed E-state index contributed by atoms with van der Waals surface area (Å²) >= 11 is 0. The Morgan fingerprint density at radius 2 is 1.85 bits per heavy atom. The number of nitrogens with zero attached hydrogens (tertiary/aromatic N) is 2. The van der Waals surface area contributed by atoms with E-state index in [0.29, 0.717) is 41.5 Å². The first kappa shape index (κ1) is 17.5. The van der Waals surface area contributed by atoms with Crippen molar-refractivity contribution < 1.29 is 19.2 Å². The molecule has 134 valence electrons. The molecular formula is C19H18N2O5. The Bertz CT molecular complexity index is 889. The lowest BCUT2D eigenvalue weighted by Gasteiger charge is -2.18. The number of hydrogen-bond donors (Lipinski definition) is 0. The second kappa shape index (κ2) is 7.26. The molecule has 0 fully saturated rings. The summed E-state index contributed by atoms with van der Waals surface area (Å²) in [4.78, 5) is 24.8. The molecule has 7 nitrogen and oxygen atoms in total. The van der Waals surface area contributed by atoms with Gasteiger partial charge in [0.05, 0.1) is 4.92 Å². The molecule has 1 aliphatic rings. The molecule has 0 saturated carbocycles. The molecule has 0 aromatic heterocycles. The molecule has 0 radical (unpaired) electrons. The van der Waals surface area contributed by atoms with Gasteiger partial charge in [-0.2, -0.15) is 0 Å². The van der Waals surface area contributed by atoms with E-state index in [4.69, 9.17) is 9.47 Å². The van der Waals surface area contributed by atoms with E-state index < -0.39 is 4.92 Å². The predicted molar refractivity (Wildman–Crippen MR) is 98.2 cm³/mol. The zero-order valence-electron chi connectivity index (χ0n) is 14.5. The highest BCUT2D eigenvalue weighted by atomic mass is 16.6. The number of allylic oxidation sites excluding steroid dienone is 1. The fourth-order valence-electron chi connectivity index (χ4n) is 2.63. The van der Waals surface area contributed by atoms with Crippen molar-refractivity contribution in [2.24, 2.45) is 0 Å². The van der Waals surface area contributed by atoms with Crippen molar-refractivity contribution in [3.63, 3.8) is 0 Å². The van der Waals surface area contributed by atoms with E-state index in [9.17, 15) is 14.9 Å². The van der Waals surface area contributed by atoms with Gasteiger partial charge in [-0.3, -0.25) is 14.9 Å². The third-order valence-electron chi connectivity index (χ3n) is 3.93. The van der Waals surface area contributed by atoms with Crippen LogP contribution in [-0.4, -0.2) is 38.0 Å². The SMILES string of the molecule is CN(C)c1ccc(/C=C/C(=O)c2ccc3c(c2)OCCO3)cc1[N+](=O)[O-]. The Morgan fingerprint density at radius 1 is 1.12 bits per heavy atom. The molecule has 26 heavy (non-hydrogen) atoms. The Labute approximate surface area is 150 Å². The van der Waals surface area contributed by atoms with E-state index in [-0.39, 0.29) is 11.5 Å². The number of ether oxygens (including phenoxy) is 2. The van der Waals surface area contributed by atoms with Crippen LogP contribution in [0.1, 0.15) is 15.9 Å². The van der Waals surface area contributed by atoms with Gasteiger partial charge in [-0.1, -0.05) is 12.1 Å². The maximum Gasteiger partial charge on any atom is 0.293 e. The van der Waals surface area contributed by atoms with E-state index in [0.717, 1.165) is 0 Å². The van der Waals surface area contributed by atoms with Gasteiger partial charge in [0.1, 0.15) is 18.9 Å². The van der Waals surface area contributed by atoms with Gasteiger partial charge in [0.25, 0.3) is 5.69 Å². The molecule has 0 bridgehead atoms. The minimum absolute atomic E-state index is 0.0103. The van der Waals surface area contributed by atoms with Gasteiger partial charge in [0.15, 0.2) is 17.3 Å². The summed E-state index contributed by atoms with van der Waals surface area (Å²) < 4.78 is 10.9. The van der Waals surface area contributed by atoms with Crippen molar-refractivity contribution >= 4 is 23.2 Å². The van der Waals surface area contributed by atoms with Crippen LogP contribution in [0.25, 0.3) is 6.08 Å². The number of carbonyl (C=O) groups excluding carboxylic acids is 1. The van der Waals surface area contributed by atoms with Gasteiger partial charge >= 0.3 is 0 Å². The molecule has 1 aliphatic heterocycles. The third-order valence-corrected chi connectivity index (χ3v) is 3.93. The standard InChI is InChI=1S/C19H18N2O5/c1-20(2)15-6-3-13(11-16(15)21(23)24)4-7-17(22)14-5-8-18-19(12-14)26-10-9-25-18/h3-8,11-12H,9-10H2,1-2H3/b7-4+. The highest BCUT2D eigenvalue weighted by Crippen LogP contribution is 2.31. The molecule has 0 atom stereocenters. The zero-order chi connectivity index (χ0) is 18.7. The van der Waals surface area contributed by atoms with Crippen LogP contribution in [0.15, 0.2) is 42.5 Å². The number of benzene rings is 2. The number of nitro benzene ring substituents is 1. The number of carbonyl (C=O) groups is 1. The summed E-state index contributed by atoms with van der Waals surface area (Å²) in [6.07, 6.45) is 2.95. The van der Waals surface area contributed by atoms with Gasteiger partial charge < -0.3 is 14.4 Å². The Hall–Kier alpha value is -3.35. The van der Waals surface area contributed by atoms with Gasteiger partial charge in [-0.25, -0.2) is 0 Å². The first-order chi connectivity index (χ1) is 12.5. The molecular weight excluding hydrogens is 336 g/mol. The summed E-state index contributed by atoms with van der Waals surface area (Å²) in [5, 5.41) is 11.2. The summed E-state index contributed by atoms with van der Waals surface area (Å²) in [6.45, 7) is 0.935. The summed E-state index contributed by atoms with van der Waals surface area (Å²) in [6, 6.07) is 9.84. The minimum atomic E-state index is -0.435. The second-order valence-electron chi connectivity index (χ2n) is 5.96. The van der Waals surface area contributed by atoms with Crippen LogP contribution in [-0.2, 0) is 0 Å². The summed E-state index contributed by atoms with van der Waals surface area (Å²) in [5.74, 6) is 0.939. The molecule has 0 amide bonds. The third kappa shape index (κ3) is 3.66. The van der Waals surface area contributed by atoms with Crippen molar-refractivity contribution in [3.8, 4) is 11.5 Å². The average Bonchev–Trinajstić information content (AvgIpc) is 2.65. The maximum absolute atomic E-state index is 12.4. The first-order valence-electron chi connectivity index (χ1n) is 8.03. The lowest BCUT2D eigenvalue weighted by Crippen LogP contribution is -2.15.